The molecule has 2 heteroatoms. The second kappa shape index (κ2) is 5.52. The fourth-order valence-electron chi connectivity index (χ4n) is 2.13. The van der Waals surface area contributed by atoms with Crippen molar-refractivity contribution >= 4 is 0 Å². The summed E-state index contributed by atoms with van der Waals surface area (Å²) in [6.07, 6.45) is 7.52. The van der Waals surface area contributed by atoms with E-state index in [4.69, 9.17) is 5.84 Å². The molecule has 3 N–H and O–H groups in total. The van der Waals surface area contributed by atoms with Crippen molar-refractivity contribution in [3.63, 3.8) is 0 Å². The van der Waals surface area contributed by atoms with Crippen molar-refractivity contribution in [3.05, 3.63) is 11.6 Å². The van der Waals surface area contributed by atoms with Crippen molar-refractivity contribution < 1.29 is 0 Å². The van der Waals surface area contributed by atoms with Gasteiger partial charge in [-0.3, -0.25) is 11.3 Å². The molecule has 0 fully saturated rings. The minimum atomic E-state index is 0.385. The second-order valence-corrected chi connectivity index (χ2v) is 4.77. The van der Waals surface area contributed by atoms with Crippen molar-refractivity contribution in [3.8, 4) is 0 Å². The molecule has 0 amide bonds. The molecule has 2 nitrogen and oxygen atoms in total. The Morgan fingerprint density at radius 1 is 1.29 bits per heavy atom. The largest absolute Gasteiger partial charge is 0.271 e. The standard InChI is InChI=1S/C12H24N2/c1-9(2)10(3)12(14-13)11-7-5-4-6-8-11/h7,9-10,12,14H,4-6,8,13H2,1-3H3. The molecule has 0 aromatic rings. The summed E-state index contributed by atoms with van der Waals surface area (Å²) in [6, 6.07) is 0.385. The fraction of sp³-hybridized carbons (Fsp3) is 0.833. The minimum absolute atomic E-state index is 0.385. The van der Waals surface area contributed by atoms with Crippen molar-refractivity contribution in [2.24, 2.45) is 17.7 Å². The predicted molar refractivity (Wildman–Crippen MR) is 61.7 cm³/mol. The molecule has 1 aliphatic rings. The first-order valence-corrected chi connectivity index (χ1v) is 5.82. The van der Waals surface area contributed by atoms with Gasteiger partial charge in [-0.2, -0.15) is 0 Å². The molecule has 0 heterocycles. The maximum Gasteiger partial charge on any atom is 0.0447 e. The lowest BCUT2D eigenvalue weighted by atomic mass is 9.82. The molecule has 0 radical (unpaired) electrons. The topological polar surface area (TPSA) is 38.0 Å². The molecule has 82 valence electrons. The third-order valence-corrected chi connectivity index (χ3v) is 3.48. The Hall–Kier alpha value is -0.340. The van der Waals surface area contributed by atoms with Crippen LogP contribution < -0.4 is 11.3 Å². The average Bonchev–Trinajstić information content (AvgIpc) is 2.20. The van der Waals surface area contributed by atoms with E-state index in [1.54, 1.807) is 0 Å². The maximum absolute atomic E-state index is 5.65. The Morgan fingerprint density at radius 2 is 2.00 bits per heavy atom. The van der Waals surface area contributed by atoms with E-state index in [9.17, 15) is 0 Å². The molecule has 0 aromatic carbocycles. The van der Waals surface area contributed by atoms with Crippen LogP contribution in [0.3, 0.4) is 0 Å². The van der Waals surface area contributed by atoms with Crippen LogP contribution in [-0.2, 0) is 0 Å². The Balaban J connectivity index is 2.64. The summed E-state index contributed by atoms with van der Waals surface area (Å²) >= 11 is 0. The van der Waals surface area contributed by atoms with Crippen LogP contribution in [0.25, 0.3) is 0 Å². The molecule has 0 aliphatic heterocycles. The Labute approximate surface area is 87.9 Å². The summed E-state index contributed by atoms with van der Waals surface area (Å²) in [5, 5.41) is 0. The van der Waals surface area contributed by atoms with Crippen LogP contribution in [0.1, 0.15) is 46.5 Å². The van der Waals surface area contributed by atoms with Gasteiger partial charge in [-0.1, -0.05) is 32.4 Å². The number of nitrogens with one attached hydrogen (secondary N) is 1. The zero-order valence-electron chi connectivity index (χ0n) is 9.72. The number of hydrazine groups is 1. The molecular formula is C12H24N2. The molecule has 2 atom stereocenters. The highest BCUT2D eigenvalue weighted by Crippen LogP contribution is 2.26. The van der Waals surface area contributed by atoms with Gasteiger partial charge in [0.1, 0.15) is 0 Å². The number of allylic oxidation sites excluding steroid dienone is 1. The van der Waals surface area contributed by atoms with Gasteiger partial charge in [-0.25, -0.2) is 0 Å². The average molecular weight is 196 g/mol. The lowest BCUT2D eigenvalue weighted by molar-refractivity contribution is 0.322. The van der Waals surface area contributed by atoms with Crippen LogP contribution in [0, 0.1) is 11.8 Å². The van der Waals surface area contributed by atoms with Crippen molar-refractivity contribution in [2.75, 3.05) is 0 Å². The van der Waals surface area contributed by atoms with Gasteiger partial charge in [0.2, 0.25) is 0 Å². The van der Waals surface area contributed by atoms with Crippen LogP contribution in [-0.4, -0.2) is 6.04 Å². The Morgan fingerprint density at radius 3 is 2.43 bits per heavy atom. The number of hydrogen-bond donors (Lipinski definition) is 2. The lowest BCUT2D eigenvalue weighted by Crippen LogP contribution is -2.43. The van der Waals surface area contributed by atoms with Crippen LogP contribution in [0.15, 0.2) is 11.6 Å². The summed E-state index contributed by atoms with van der Waals surface area (Å²) in [5.41, 5.74) is 4.51. The molecule has 0 saturated carbocycles. The summed E-state index contributed by atoms with van der Waals surface area (Å²) in [5.74, 6) is 6.95. The summed E-state index contributed by atoms with van der Waals surface area (Å²) in [4.78, 5) is 0. The predicted octanol–water partition coefficient (Wildman–Crippen LogP) is 2.61. The third kappa shape index (κ3) is 2.82. The van der Waals surface area contributed by atoms with E-state index < -0.39 is 0 Å². The summed E-state index contributed by atoms with van der Waals surface area (Å²) in [6.45, 7) is 6.81. The van der Waals surface area contributed by atoms with E-state index in [1.807, 2.05) is 0 Å². The zero-order chi connectivity index (χ0) is 10.6. The van der Waals surface area contributed by atoms with Crippen LogP contribution in [0.4, 0.5) is 0 Å². The van der Waals surface area contributed by atoms with Gasteiger partial charge < -0.3 is 0 Å². The van der Waals surface area contributed by atoms with Gasteiger partial charge in [0.05, 0.1) is 0 Å². The molecule has 0 aromatic heterocycles. The van der Waals surface area contributed by atoms with Gasteiger partial charge in [-0.15, -0.1) is 0 Å². The first kappa shape index (κ1) is 11.7. The molecule has 0 bridgehead atoms. The van der Waals surface area contributed by atoms with Gasteiger partial charge in [-0.05, 0) is 37.5 Å². The highest BCUT2D eigenvalue weighted by molar-refractivity contribution is 5.14. The highest BCUT2D eigenvalue weighted by Gasteiger charge is 2.23. The van der Waals surface area contributed by atoms with Gasteiger partial charge in [0, 0.05) is 6.04 Å². The Kier molecular flexibility index (Phi) is 4.63. The second-order valence-electron chi connectivity index (χ2n) is 4.77. The van der Waals surface area contributed by atoms with E-state index in [0.717, 1.165) is 0 Å². The van der Waals surface area contributed by atoms with Gasteiger partial charge >= 0.3 is 0 Å². The molecule has 1 rings (SSSR count). The molecule has 2 unspecified atom stereocenters. The van der Waals surface area contributed by atoms with Crippen molar-refractivity contribution in [2.45, 2.75) is 52.5 Å². The highest BCUT2D eigenvalue weighted by atomic mass is 15.2. The molecule has 14 heavy (non-hydrogen) atoms. The maximum atomic E-state index is 5.65. The van der Waals surface area contributed by atoms with Crippen LogP contribution >= 0.6 is 0 Å². The van der Waals surface area contributed by atoms with Crippen LogP contribution in [0.2, 0.25) is 0 Å². The molecule has 1 aliphatic carbocycles. The van der Waals surface area contributed by atoms with Crippen molar-refractivity contribution in [1.82, 2.24) is 5.43 Å². The van der Waals surface area contributed by atoms with E-state index in [0.29, 0.717) is 17.9 Å². The van der Waals surface area contributed by atoms with E-state index in [1.165, 1.54) is 31.3 Å². The number of hydrogen-bond acceptors (Lipinski definition) is 2. The normalized spacial score (nSPS) is 21.9. The first-order chi connectivity index (χ1) is 6.66. The van der Waals surface area contributed by atoms with Crippen molar-refractivity contribution in [1.29, 1.82) is 0 Å². The molecule has 0 saturated heterocycles. The smallest absolute Gasteiger partial charge is 0.0447 e. The third-order valence-electron chi connectivity index (χ3n) is 3.48. The Bertz CT molecular complexity index is 196. The SMILES string of the molecule is CC(C)C(C)C(NN)C1=CCCCC1. The number of rotatable bonds is 4. The quantitative estimate of drug-likeness (QED) is 0.412. The lowest BCUT2D eigenvalue weighted by Gasteiger charge is -2.30. The van der Waals surface area contributed by atoms with E-state index >= 15 is 0 Å². The minimum Gasteiger partial charge on any atom is -0.271 e. The first-order valence-electron chi connectivity index (χ1n) is 5.82. The summed E-state index contributed by atoms with van der Waals surface area (Å²) in [7, 11) is 0. The van der Waals surface area contributed by atoms with Gasteiger partial charge in [0.15, 0.2) is 0 Å². The number of nitrogens with two attached hydrogens (primary N) is 1. The molecule has 0 spiro atoms. The van der Waals surface area contributed by atoms with E-state index in [-0.39, 0.29) is 0 Å². The zero-order valence-corrected chi connectivity index (χ0v) is 9.72. The molecular weight excluding hydrogens is 172 g/mol. The summed E-state index contributed by atoms with van der Waals surface area (Å²) < 4.78 is 0. The van der Waals surface area contributed by atoms with Gasteiger partial charge in [0.25, 0.3) is 0 Å². The van der Waals surface area contributed by atoms with E-state index in [2.05, 4.69) is 32.3 Å². The van der Waals surface area contributed by atoms with Crippen LogP contribution in [0.5, 0.6) is 0 Å². The monoisotopic (exact) mass is 196 g/mol. The fourth-order valence-corrected chi connectivity index (χ4v) is 2.13.